The number of rotatable bonds is 3. The number of aromatic nitrogens is 2. The van der Waals surface area contributed by atoms with E-state index in [2.05, 4.69) is 21.8 Å². The van der Waals surface area contributed by atoms with Gasteiger partial charge >= 0.3 is 0 Å². The van der Waals surface area contributed by atoms with Crippen molar-refractivity contribution in [2.75, 3.05) is 10.6 Å². The molecule has 0 saturated carbocycles. The third-order valence-corrected chi connectivity index (χ3v) is 4.99. The summed E-state index contributed by atoms with van der Waals surface area (Å²) in [5.41, 5.74) is 3.97. The first kappa shape index (κ1) is 18.3. The first-order valence-corrected chi connectivity index (χ1v) is 9.11. The molecule has 1 aromatic heterocycles. The van der Waals surface area contributed by atoms with E-state index in [1.807, 2.05) is 31.2 Å². The van der Waals surface area contributed by atoms with Crippen LogP contribution >= 0.6 is 0 Å². The van der Waals surface area contributed by atoms with E-state index in [-0.39, 0.29) is 11.7 Å². The molecular weight excluding hydrogens is 366 g/mol. The molecule has 144 valence electrons. The van der Waals surface area contributed by atoms with E-state index in [0.29, 0.717) is 22.7 Å². The normalized spacial score (nSPS) is 15.3. The molecule has 3 aromatic rings. The smallest absolute Gasteiger partial charge is 0.255 e. The monoisotopic (exact) mass is 385 g/mol. The number of hydrogen-bond acceptors (Lipinski definition) is 5. The van der Waals surface area contributed by atoms with E-state index < -0.39 is 6.04 Å². The van der Waals surface area contributed by atoms with Gasteiger partial charge in [0.15, 0.2) is 0 Å². The van der Waals surface area contributed by atoms with Crippen LogP contribution in [0.1, 0.15) is 29.7 Å². The van der Waals surface area contributed by atoms with E-state index in [4.69, 9.17) is 0 Å². The average Bonchev–Trinajstić information content (AvgIpc) is 3.11. The van der Waals surface area contributed by atoms with Crippen molar-refractivity contribution in [3.8, 4) is 11.8 Å². The zero-order valence-electron chi connectivity index (χ0n) is 16.0. The summed E-state index contributed by atoms with van der Waals surface area (Å²) >= 11 is 0. The lowest BCUT2D eigenvalue weighted by Gasteiger charge is -2.30. The van der Waals surface area contributed by atoms with Crippen LogP contribution in [0.3, 0.4) is 0 Å². The molecule has 1 atom stereocenters. The highest BCUT2D eigenvalue weighted by Gasteiger charge is 2.34. The Kier molecular flexibility index (Phi) is 4.53. The van der Waals surface area contributed by atoms with Gasteiger partial charge in [-0.25, -0.2) is 4.68 Å². The van der Waals surface area contributed by atoms with Gasteiger partial charge in [0.2, 0.25) is 0 Å². The molecule has 0 aliphatic carbocycles. The number of nitriles is 1. The molecule has 3 N–H and O–H groups in total. The second-order valence-corrected chi connectivity index (χ2v) is 6.89. The summed E-state index contributed by atoms with van der Waals surface area (Å²) in [4.78, 5) is 13.3. The minimum absolute atomic E-state index is 0.132. The number of aryl methyl sites for hydroxylation is 1. The highest BCUT2D eigenvalue weighted by molar-refractivity contribution is 6.06. The number of allylic oxidation sites excluding steroid dienone is 1. The second kappa shape index (κ2) is 7.17. The lowest BCUT2D eigenvalue weighted by atomic mass is 9.94. The molecule has 0 saturated heterocycles. The van der Waals surface area contributed by atoms with Crippen molar-refractivity contribution in [2.45, 2.75) is 19.9 Å². The lowest BCUT2D eigenvalue weighted by molar-refractivity contribution is -0.113. The molecule has 0 spiro atoms. The molecule has 2 aromatic carbocycles. The Morgan fingerprint density at radius 1 is 1.21 bits per heavy atom. The lowest BCUT2D eigenvalue weighted by Crippen LogP contribution is -2.31. The zero-order chi connectivity index (χ0) is 20.5. The highest BCUT2D eigenvalue weighted by Crippen LogP contribution is 2.38. The van der Waals surface area contributed by atoms with Crippen molar-refractivity contribution in [2.24, 2.45) is 0 Å². The molecule has 1 aliphatic heterocycles. The van der Waals surface area contributed by atoms with Gasteiger partial charge in [0.05, 0.1) is 11.8 Å². The summed E-state index contributed by atoms with van der Waals surface area (Å²) in [6, 6.07) is 15.8. The molecule has 4 rings (SSSR count). The summed E-state index contributed by atoms with van der Waals surface area (Å²) in [5, 5.41) is 29.6. The van der Waals surface area contributed by atoms with E-state index >= 15 is 0 Å². The summed E-state index contributed by atoms with van der Waals surface area (Å²) in [7, 11) is 0. The minimum Gasteiger partial charge on any atom is -0.508 e. The molecule has 0 unspecified atom stereocenters. The maximum absolute atomic E-state index is 13.3. The van der Waals surface area contributed by atoms with Crippen LogP contribution in [0.15, 0.2) is 66.0 Å². The van der Waals surface area contributed by atoms with Crippen LogP contribution in [0.25, 0.3) is 0 Å². The number of amides is 1. The van der Waals surface area contributed by atoms with Gasteiger partial charge in [0.25, 0.3) is 5.91 Å². The third-order valence-electron chi connectivity index (χ3n) is 4.99. The first-order valence-electron chi connectivity index (χ1n) is 9.11. The number of para-hydroxylation sites is 1. The number of benzene rings is 2. The Morgan fingerprint density at radius 3 is 2.62 bits per heavy atom. The number of anilines is 2. The molecule has 1 amide bonds. The number of fused-ring (bicyclic) bond motifs is 1. The molecule has 1 aliphatic rings. The summed E-state index contributed by atoms with van der Waals surface area (Å²) < 4.78 is 1.63. The number of phenols is 1. The van der Waals surface area contributed by atoms with Gasteiger partial charge in [0, 0.05) is 11.4 Å². The van der Waals surface area contributed by atoms with Gasteiger partial charge in [-0.3, -0.25) is 4.79 Å². The number of hydrogen-bond donors (Lipinski definition) is 3. The summed E-state index contributed by atoms with van der Waals surface area (Å²) in [6.45, 7) is 3.73. The van der Waals surface area contributed by atoms with Crippen LogP contribution in [0.5, 0.6) is 5.75 Å². The maximum Gasteiger partial charge on any atom is 0.255 e. The minimum atomic E-state index is -0.544. The number of carbonyl (C=O) groups excluding carboxylic acids is 1. The fraction of sp³-hybridized carbons (Fsp3) is 0.136. The van der Waals surface area contributed by atoms with Gasteiger partial charge in [-0.1, -0.05) is 30.3 Å². The standard InChI is InChI=1S/C22H19N5O2/c1-13-5-3-4-6-18(13)26-22(29)19-14(2)25-21-16(11-23)12-24-27(21)20(19)15-7-9-17(28)10-8-15/h3-10,12,20,25,28H,1-2H3,(H,26,29)/t20-/m0/s1. The van der Waals surface area contributed by atoms with Crippen molar-refractivity contribution in [3.05, 3.63) is 82.7 Å². The Balaban J connectivity index is 1.82. The predicted octanol–water partition coefficient (Wildman–Crippen LogP) is 3.70. The van der Waals surface area contributed by atoms with Crippen LogP contribution < -0.4 is 10.6 Å². The van der Waals surface area contributed by atoms with Gasteiger partial charge < -0.3 is 15.7 Å². The van der Waals surface area contributed by atoms with Gasteiger partial charge in [-0.2, -0.15) is 10.4 Å². The van der Waals surface area contributed by atoms with Crippen LogP contribution in [0.4, 0.5) is 11.5 Å². The predicted molar refractivity (Wildman–Crippen MR) is 109 cm³/mol. The molecule has 2 heterocycles. The number of nitrogens with zero attached hydrogens (tertiary/aromatic N) is 3. The Labute approximate surface area is 167 Å². The second-order valence-electron chi connectivity index (χ2n) is 6.89. The molecule has 0 fully saturated rings. The van der Waals surface area contributed by atoms with E-state index in [9.17, 15) is 15.2 Å². The largest absolute Gasteiger partial charge is 0.508 e. The molecular formula is C22H19N5O2. The van der Waals surface area contributed by atoms with Crippen LogP contribution in [-0.4, -0.2) is 20.8 Å². The van der Waals surface area contributed by atoms with E-state index in [0.717, 1.165) is 16.8 Å². The van der Waals surface area contributed by atoms with E-state index in [1.165, 1.54) is 6.20 Å². The average molecular weight is 385 g/mol. The van der Waals surface area contributed by atoms with Gasteiger partial charge in [-0.05, 0) is 43.2 Å². The van der Waals surface area contributed by atoms with Crippen LogP contribution in [0.2, 0.25) is 0 Å². The Morgan fingerprint density at radius 2 is 1.93 bits per heavy atom. The van der Waals surface area contributed by atoms with Crippen molar-refractivity contribution >= 4 is 17.4 Å². The fourth-order valence-corrected chi connectivity index (χ4v) is 3.50. The molecule has 7 nitrogen and oxygen atoms in total. The zero-order valence-corrected chi connectivity index (χ0v) is 16.0. The topological polar surface area (TPSA) is 103 Å². The number of nitrogens with one attached hydrogen (secondary N) is 2. The maximum atomic E-state index is 13.3. The SMILES string of the molecule is CC1=C(C(=O)Nc2ccccc2C)[C@H](c2ccc(O)cc2)n2ncc(C#N)c2N1. The molecule has 29 heavy (non-hydrogen) atoms. The quantitative estimate of drug-likeness (QED) is 0.638. The van der Waals surface area contributed by atoms with Crippen LogP contribution in [0, 0.1) is 18.3 Å². The first-order chi connectivity index (χ1) is 14.0. The number of carbonyl (C=O) groups is 1. The fourth-order valence-electron chi connectivity index (χ4n) is 3.50. The number of phenolic OH excluding ortho intramolecular Hbond substituents is 1. The molecule has 0 bridgehead atoms. The van der Waals surface area contributed by atoms with Crippen molar-refractivity contribution in [1.29, 1.82) is 5.26 Å². The third kappa shape index (κ3) is 3.21. The van der Waals surface area contributed by atoms with Crippen molar-refractivity contribution in [3.63, 3.8) is 0 Å². The Hall–Kier alpha value is -4.05. The van der Waals surface area contributed by atoms with Gasteiger partial charge in [-0.15, -0.1) is 0 Å². The van der Waals surface area contributed by atoms with Crippen molar-refractivity contribution in [1.82, 2.24) is 9.78 Å². The van der Waals surface area contributed by atoms with Gasteiger partial charge in [0.1, 0.15) is 29.2 Å². The van der Waals surface area contributed by atoms with Crippen molar-refractivity contribution < 1.29 is 9.90 Å². The summed E-state index contributed by atoms with van der Waals surface area (Å²) in [5.74, 6) is 0.408. The summed E-state index contributed by atoms with van der Waals surface area (Å²) in [6.07, 6.45) is 1.48. The van der Waals surface area contributed by atoms with Crippen LogP contribution in [-0.2, 0) is 4.79 Å². The Bertz CT molecular complexity index is 1170. The molecule has 7 heteroatoms. The number of aromatic hydroxyl groups is 1. The molecule has 0 radical (unpaired) electrons. The highest BCUT2D eigenvalue weighted by atomic mass is 16.3. The van der Waals surface area contributed by atoms with E-state index in [1.54, 1.807) is 35.9 Å².